The standard InChI is InChI=1S/C11H21N5O/c1-4-8-14-9(5-2)16(15-8)7-6-11(3,13)10(12)17/h4-7,13H2,1-3H3,(H2,12,17). The maximum absolute atomic E-state index is 11.1. The van der Waals surface area contributed by atoms with E-state index in [-0.39, 0.29) is 0 Å². The largest absolute Gasteiger partial charge is 0.368 e. The van der Waals surface area contributed by atoms with Gasteiger partial charge in [0.15, 0.2) is 5.82 Å². The zero-order valence-corrected chi connectivity index (χ0v) is 10.7. The van der Waals surface area contributed by atoms with E-state index < -0.39 is 11.4 Å². The van der Waals surface area contributed by atoms with Crippen LogP contribution in [0.5, 0.6) is 0 Å². The van der Waals surface area contributed by atoms with Gasteiger partial charge >= 0.3 is 0 Å². The third kappa shape index (κ3) is 3.26. The van der Waals surface area contributed by atoms with E-state index in [0.29, 0.717) is 13.0 Å². The fourth-order valence-electron chi connectivity index (χ4n) is 1.48. The molecule has 1 amide bonds. The Morgan fingerprint density at radius 2 is 2.06 bits per heavy atom. The molecule has 0 aliphatic rings. The predicted molar refractivity (Wildman–Crippen MR) is 65.2 cm³/mol. The molecule has 1 atom stereocenters. The number of aryl methyl sites for hydroxylation is 3. The molecule has 4 N–H and O–H groups in total. The fourth-order valence-corrected chi connectivity index (χ4v) is 1.48. The van der Waals surface area contributed by atoms with Crippen molar-refractivity contribution in [3.63, 3.8) is 0 Å². The number of carbonyl (C=O) groups is 1. The summed E-state index contributed by atoms with van der Waals surface area (Å²) in [5.41, 5.74) is 10.0. The van der Waals surface area contributed by atoms with E-state index in [1.807, 2.05) is 18.5 Å². The van der Waals surface area contributed by atoms with Gasteiger partial charge in [-0.3, -0.25) is 4.79 Å². The number of carbonyl (C=O) groups excluding carboxylic acids is 1. The van der Waals surface area contributed by atoms with Crippen LogP contribution in [0.25, 0.3) is 0 Å². The van der Waals surface area contributed by atoms with E-state index in [0.717, 1.165) is 24.5 Å². The highest BCUT2D eigenvalue weighted by Crippen LogP contribution is 2.09. The van der Waals surface area contributed by atoms with Crippen LogP contribution in [0.4, 0.5) is 0 Å². The van der Waals surface area contributed by atoms with Gasteiger partial charge in [0.05, 0.1) is 5.54 Å². The number of amides is 1. The summed E-state index contributed by atoms with van der Waals surface area (Å²) in [5, 5.41) is 4.36. The smallest absolute Gasteiger partial charge is 0.237 e. The molecule has 0 radical (unpaired) electrons. The number of hydrogen-bond donors (Lipinski definition) is 2. The third-order valence-electron chi connectivity index (χ3n) is 2.83. The maximum Gasteiger partial charge on any atom is 0.237 e. The molecule has 0 bridgehead atoms. The first-order chi connectivity index (χ1) is 7.90. The Morgan fingerprint density at radius 1 is 1.41 bits per heavy atom. The highest BCUT2D eigenvalue weighted by Gasteiger charge is 2.25. The molecule has 0 aliphatic heterocycles. The molecule has 0 saturated heterocycles. The molecule has 0 fully saturated rings. The first kappa shape index (κ1) is 13.6. The van der Waals surface area contributed by atoms with Crippen molar-refractivity contribution >= 4 is 5.91 Å². The Kier molecular flexibility index (Phi) is 4.22. The Hall–Kier alpha value is -1.43. The van der Waals surface area contributed by atoms with Crippen molar-refractivity contribution in [3.05, 3.63) is 11.6 Å². The number of nitrogens with zero attached hydrogens (tertiary/aromatic N) is 3. The summed E-state index contributed by atoms with van der Waals surface area (Å²) < 4.78 is 1.81. The van der Waals surface area contributed by atoms with Crippen molar-refractivity contribution in [3.8, 4) is 0 Å². The van der Waals surface area contributed by atoms with E-state index in [1.165, 1.54) is 0 Å². The SMILES string of the molecule is CCc1nc(CC)n(CCC(C)(N)C(N)=O)n1. The molecule has 0 spiro atoms. The lowest BCUT2D eigenvalue weighted by molar-refractivity contribution is -0.122. The van der Waals surface area contributed by atoms with Gasteiger partial charge in [-0.2, -0.15) is 5.10 Å². The van der Waals surface area contributed by atoms with Crippen LogP contribution in [0.15, 0.2) is 0 Å². The van der Waals surface area contributed by atoms with E-state index in [9.17, 15) is 4.79 Å². The molecule has 0 aromatic carbocycles. The first-order valence-corrected chi connectivity index (χ1v) is 5.92. The van der Waals surface area contributed by atoms with Gasteiger partial charge in [0.1, 0.15) is 5.82 Å². The molecule has 1 heterocycles. The summed E-state index contributed by atoms with van der Waals surface area (Å²) in [4.78, 5) is 15.5. The van der Waals surface area contributed by atoms with Crippen molar-refractivity contribution in [2.24, 2.45) is 11.5 Å². The lowest BCUT2D eigenvalue weighted by Gasteiger charge is -2.20. The van der Waals surface area contributed by atoms with Crippen LogP contribution in [0.3, 0.4) is 0 Å². The van der Waals surface area contributed by atoms with Crippen LogP contribution in [-0.2, 0) is 24.2 Å². The number of nitrogens with two attached hydrogens (primary N) is 2. The monoisotopic (exact) mass is 239 g/mol. The summed E-state index contributed by atoms with van der Waals surface area (Å²) in [7, 11) is 0. The quantitative estimate of drug-likeness (QED) is 0.729. The van der Waals surface area contributed by atoms with E-state index in [1.54, 1.807) is 6.92 Å². The second-order valence-corrected chi connectivity index (χ2v) is 4.41. The van der Waals surface area contributed by atoms with Gasteiger partial charge in [-0.05, 0) is 13.3 Å². The van der Waals surface area contributed by atoms with Crippen LogP contribution < -0.4 is 11.5 Å². The Labute approximate surface area is 101 Å². The van der Waals surface area contributed by atoms with E-state index >= 15 is 0 Å². The topological polar surface area (TPSA) is 99.8 Å². The maximum atomic E-state index is 11.1. The van der Waals surface area contributed by atoms with Crippen LogP contribution >= 0.6 is 0 Å². The second kappa shape index (κ2) is 5.27. The summed E-state index contributed by atoms with van der Waals surface area (Å²) in [6.07, 6.45) is 2.07. The van der Waals surface area contributed by atoms with Gasteiger partial charge in [-0.1, -0.05) is 13.8 Å². The summed E-state index contributed by atoms with van der Waals surface area (Å²) in [6, 6.07) is 0. The molecule has 1 rings (SSSR count). The molecule has 6 heteroatoms. The third-order valence-corrected chi connectivity index (χ3v) is 2.83. The van der Waals surface area contributed by atoms with Crippen molar-refractivity contribution in [2.45, 2.75) is 52.1 Å². The Bertz CT molecular complexity index is 397. The van der Waals surface area contributed by atoms with Crippen molar-refractivity contribution in [1.82, 2.24) is 14.8 Å². The average molecular weight is 239 g/mol. The molecule has 17 heavy (non-hydrogen) atoms. The molecule has 1 aromatic heterocycles. The minimum absolute atomic E-state index is 0.460. The highest BCUT2D eigenvalue weighted by atomic mass is 16.1. The highest BCUT2D eigenvalue weighted by molar-refractivity contribution is 5.83. The molecule has 1 aromatic rings. The minimum Gasteiger partial charge on any atom is -0.368 e. The van der Waals surface area contributed by atoms with E-state index in [2.05, 4.69) is 10.1 Å². The van der Waals surface area contributed by atoms with Crippen LogP contribution in [0.1, 0.15) is 38.8 Å². The zero-order chi connectivity index (χ0) is 13.1. The fraction of sp³-hybridized carbons (Fsp3) is 0.727. The summed E-state index contributed by atoms with van der Waals surface area (Å²) >= 11 is 0. The van der Waals surface area contributed by atoms with Crippen molar-refractivity contribution < 1.29 is 4.79 Å². The van der Waals surface area contributed by atoms with Gasteiger partial charge in [-0.15, -0.1) is 0 Å². The van der Waals surface area contributed by atoms with Crippen molar-refractivity contribution in [1.29, 1.82) is 0 Å². The number of aromatic nitrogens is 3. The lowest BCUT2D eigenvalue weighted by atomic mass is 9.99. The van der Waals surface area contributed by atoms with Gasteiger partial charge in [0, 0.05) is 19.4 Å². The van der Waals surface area contributed by atoms with Gasteiger partial charge in [0.25, 0.3) is 0 Å². The molecular formula is C11H21N5O. The van der Waals surface area contributed by atoms with Crippen molar-refractivity contribution in [2.75, 3.05) is 0 Å². The van der Waals surface area contributed by atoms with E-state index in [4.69, 9.17) is 11.5 Å². The Morgan fingerprint density at radius 3 is 2.53 bits per heavy atom. The molecule has 0 aliphatic carbocycles. The molecule has 1 unspecified atom stereocenters. The molecule has 6 nitrogen and oxygen atoms in total. The number of rotatable bonds is 6. The van der Waals surface area contributed by atoms with Crippen LogP contribution in [0.2, 0.25) is 0 Å². The predicted octanol–water partition coefficient (Wildman–Crippen LogP) is -0.00430. The molecular weight excluding hydrogens is 218 g/mol. The first-order valence-electron chi connectivity index (χ1n) is 5.92. The van der Waals surface area contributed by atoms with Crippen LogP contribution in [-0.4, -0.2) is 26.2 Å². The molecule has 0 saturated carbocycles. The van der Waals surface area contributed by atoms with Gasteiger partial charge < -0.3 is 11.5 Å². The normalized spacial score (nSPS) is 14.6. The summed E-state index contributed by atoms with van der Waals surface area (Å²) in [5.74, 6) is 1.24. The van der Waals surface area contributed by atoms with Crippen LogP contribution in [0, 0.1) is 0 Å². The minimum atomic E-state index is -0.997. The molecule has 96 valence electrons. The summed E-state index contributed by atoms with van der Waals surface area (Å²) in [6.45, 7) is 6.23. The zero-order valence-electron chi connectivity index (χ0n) is 10.7. The number of primary amides is 1. The second-order valence-electron chi connectivity index (χ2n) is 4.41. The average Bonchev–Trinajstić information content (AvgIpc) is 2.68. The lowest BCUT2D eigenvalue weighted by Crippen LogP contribution is -2.49. The number of hydrogen-bond acceptors (Lipinski definition) is 4. The van der Waals surface area contributed by atoms with Gasteiger partial charge in [0.2, 0.25) is 5.91 Å². The van der Waals surface area contributed by atoms with Gasteiger partial charge in [-0.25, -0.2) is 9.67 Å². The Balaban J connectivity index is 2.75.